The summed E-state index contributed by atoms with van der Waals surface area (Å²) in [7, 11) is 1.73. The molecule has 7 nitrogen and oxygen atoms in total. The maximum atomic E-state index is 10.6. The minimum absolute atomic E-state index is 0.570. The van der Waals surface area contributed by atoms with E-state index in [0.29, 0.717) is 5.92 Å². The molecular formula is C21H23F3N4O3. The lowest BCUT2D eigenvalue weighted by Crippen LogP contribution is -2.24. The number of aromatic nitrogens is 3. The number of nitrogens with zero attached hydrogens (tertiary/aromatic N) is 3. The number of carboxylic acids is 1. The maximum Gasteiger partial charge on any atom is 0.490 e. The largest absolute Gasteiger partial charge is 0.497 e. The predicted molar refractivity (Wildman–Crippen MR) is 107 cm³/mol. The molecule has 0 aliphatic heterocycles. The molecule has 0 radical (unpaired) electrons. The molecule has 1 unspecified atom stereocenters. The van der Waals surface area contributed by atoms with Gasteiger partial charge in [0.15, 0.2) is 5.65 Å². The lowest BCUT2D eigenvalue weighted by atomic mass is 9.82. The van der Waals surface area contributed by atoms with Crippen LogP contribution in [-0.2, 0) is 17.8 Å². The zero-order valence-electron chi connectivity index (χ0n) is 16.9. The molecule has 0 saturated heterocycles. The number of rotatable bonds is 5. The number of hydrogen-bond acceptors (Lipinski definition) is 5. The standard InChI is InChI=1S/C19H22N4O.C2HF3O2/c1-24-17-5-6-18-14(9-17)3-2-4-15(18)10-21-11-16-12-22-19-13-20-7-8-23(16)19;3-2(4,5)1(6)7/h5-9,12-13,15,21H,2-4,10-11H2,1H3;(H,6,7). The van der Waals surface area contributed by atoms with E-state index in [2.05, 4.69) is 37.9 Å². The second-order valence-electron chi connectivity index (χ2n) is 7.14. The third kappa shape index (κ3) is 5.72. The smallest absolute Gasteiger partial charge is 0.490 e. The Kier molecular flexibility index (Phi) is 7.11. The van der Waals surface area contributed by atoms with Crippen LogP contribution in [0, 0.1) is 0 Å². The number of alkyl halides is 3. The Bertz CT molecular complexity index is 1040. The van der Waals surface area contributed by atoms with Gasteiger partial charge in [0.25, 0.3) is 0 Å². The van der Waals surface area contributed by atoms with Crippen molar-refractivity contribution in [2.24, 2.45) is 0 Å². The Morgan fingerprint density at radius 2 is 2.13 bits per heavy atom. The number of nitrogens with one attached hydrogen (secondary N) is 1. The molecule has 4 rings (SSSR count). The van der Waals surface area contributed by atoms with Crippen LogP contribution in [0.25, 0.3) is 5.65 Å². The highest BCUT2D eigenvalue weighted by Crippen LogP contribution is 2.33. The highest BCUT2D eigenvalue weighted by atomic mass is 19.4. The van der Waals surface area contributed by atoms with Gasteiger partial charge in [0.2, 0.25) is 0 Å². The number of ether oxygens (including phenoxy) is 1. The van der Waals surface area contributed by atoms with Gasteiger partial charge >= 0.3 is 12.1 Å². The van der Waals surface area contributed by atoms with Crippen molar-refractivity contribution in [2.75, 3.05) is 13.7 Å². The van der Waals surface area contributed by atoms with Gasteiger partial charge in [-0.15, -0.1) is 0 Å². The number of aliphatic carboxylic acids is 1. The molecule has 1 aliphatic rings. The number of carboxylic acid groups (broad SMARTS) is 1. The van der Waals surface area contributed by atoms with E-state index in [-0.39, 0.29) is 0 Å². The van der Waals surface area contributed by atoms with Crippen molar-refractivity contribution in [1.29, 1.82) is 0 Å². The Labute approximate surface area is 176 Å². The van der Waals surface area contributed by atoms with Gasteiger partial charge in [-0.3, -0.25) is 9.38 Å². The third-order valence-corrected chi connectivity index (χ3v) is 5.12. The number of fused-ring (bicyclic) bond motifs is 2. The van der Waals surface area contributed by atoms with Crippen molar-refractivity contribution >= 4 is 11.6 Å². The molecule has 0 spiro atoms. The summed E-state index contributed by atoms with van der Waals surface area (Å²) < 4.78 is 39.2. The number of benzene rings is 1. The molecule has 2 N–H and O–H groups in total. The van der Waals surface area contributed by atoms with Crippen LogP contribution in [0.3, 0.4) is 0 Å². The summed E-state index contributed by atoms with van der Waals surface area (Å²) >= 11 is 0. The van der Waals surface area contributed by atoms with E-state index < -0.39 is 12.1 Å². The maximum absolute atomic E-state index is 10.6. The van der Waals surface area contributed by atoms with Crippen molar-refractivity contribution in [3.63, 3.8) is 0 Å². The Balaban J connectivity index is 0.000000339. The van der Waals surface area contributed by atoms with E-state index >= 15 is 0 Å². The first-order valence-corrected chi connectivity index (χ1v) is 9.73. The van der Waals surface area contributed by atoms with E-state index in [1.807, 2.05) is 12.4 Å². The van der Waals surface area contributed by atoms with E-state index in [4.69, 9.17) is 14.6 Å². The van der Waals surface area contributed by atoms with Crippen molar-refractivity contribution in [3.05, 3.63) is 59.8 Å². The molecule has 10 heteroatoms. The number of carbonyl (C=O) groups is 1. The molecule has 0 fully saturated rings. The first kappa shape index (κ1) is 22.5. The second-order valence-corrected chi connectivity index (χ2v) is 7.14. The molecule has 31 heavy (non-hydrogen) atoms. The molecule has 0 saturated carbocycles. The normalized spacial score (nSPS) is 15.7. The Morgan fingerprint density at radius 1 is 1.35 bits per heavy atom. The zero-order chi connectivity index (χ0) is 22.4. The van der Waals surface area contributed by atoms with Crippen LogP contribution in [-0.4, -0.2) is 45.3 Å². The average molecular weight is 436 g/mol. The molecule has 0 amide bonds. The zero-order valence-corrected chi connectivity index (χ0v) is 16.9. The Morgan fingerprint density at radius 3 is 2.84 bits per heavy atom. The fraction of sp³-hybridized carbons (Fsp3) is 0.381. The summed E-state index contributed by atoms with van der Waals surface area (Å²) in [5.41, 5.74) is 4.97. The van der Waals surface area contributed by atoms with Crippen LogP contribution in [0.1, 0.15) is 35.6 Å². The van der Waals surface area contributed by atoms with E-state index in [0.717, 1.165) is 36.6 Å². The summed E-state index contributed by atoms with van der Waals surface area (Å²) in [5, 5.41) is 10.7. The monoisotopic (exact) mass is 436 g/mol. The molecular weight excluding hydrogens is 413 g/mol. The van der Waals surface area contributed by atoms with Gasteiger partial charge in [0, 0.05) is 25.5 Å². The molecule has 2 aromatic heterocycles. The van der Waals surface area contributed by atoms with Gasteiger partial charge in [-0.05, 0) is 48.4 Å². The van der Waals surface area contributed by atoms with Crippen molar-refractivity contribution < 1.29 is 27.8 Å². The van der Waals surface area contributed by atoms with Crippen LogP contribution < -0.4 is 10.1 Å². The van der Waals surface area contributed by atoms with Crippen LogP contribution >= 0.6 is 0 Å². The summed E-state index contributed by atoms with van der Waals surface area (Å²) in [5.74, 6) is -1.23. The fourth-order valence-electron chi connectivity index (χ4n) is 3.63. The molecule has 1 aliphatic carbocycles. The van der Waals surface area contributed by atoms with Gasteiger partial charge in [-0.1, -0.05) is 6.07 Å². The molecule has 166 valence electrons. The van der Waals surface area contributed by atoms with Crippen molar-refractivity contribution in [2.45, 2.75) is 37.9 Å². The topological polar surface area (TPSA) is 88.8 Å². The molecule has 1 aromatic carbocycles. The van der Waals surface area contributed by atoms with Gasteiger partial charge in [-0.2, -0.15) is 13.2 Å². The van der Waals surface area contributed by atoms with E-state index in [1.165, 1.54) is 24.0 Å². The fourth-order valence-corrected chi connectivity index (χ4v) is 3.63. The van der Waals surface area contributed by atoms with Crippen LogP contribution in [0.5, 0.6) is 5.75 Å². The summed E-state index contributed by atoms with van der Waals surface area (Å²) in [6.45, 7) is 1.80. The second kappa shape index (κ2) is 9.78. The van der Waals surface area contributed by atoms with Crippen LogP contribution in [0.4, 0.5) is 13.2 Å². The molecule has 1 atom stereocenters. The average Bonchev–Trinajstić information content (AvgIpc) is 3.16. The lowest BCUT2D eigenvalue weighted by Gasteiger charge is -2.26. The highest BCUT2D eigenvalue weighted by molar-refractivity contribution is 5.73. The van der Waals surface area contributed by atoms with Gasteiger partial charge in [0.05, 0.1) is 25.2 Å². The molecule has 2 heterocycles. The highest BCUT2D eigenvalue weighted by Gasteiger charge is 2.38. The predicted octanol–water partition coefficient (Wildman–Crippen LogP) is 3.58. The Hall–Kier alpha value is -3.14. The first-order chi connectivity index (χ1) is 14.8. The molecule has 0 bridgehead atoms. The summed E-state index contributed by atoms with van der Waals surface area (Å²) in [4.78, 5) is 17.4. The number of methoxy groups -OCH3 is 1. The van der Waals surface area contributed by atoms with Crippen molar-refractivity contribution in [1.82, 2.24) is 19.7 Å². The number of imidazole rings is 1. The minimum atomic E-state index is -5.08. The van der Waals surface area contributed by atoms with Crippen LogP contribution in [0.2, 0.25) is 0 Å². The van der Waals surface area contributed by atoms with E-state index in [1.54, 1.807) is 19.5 Å². The summed E-state index contributed by atoms with van der Waals surface area (Å²) in [6, 6.07) is 6.51. The van der Waals surface area contributed by atoms with Gasteiger partial charge in [-0.25, -0.2) is 9.78 Å². The summed E-state index contributed by atoms with van der Waals surface area (Å²) in [6.07, 6.45) is 6.02. The lowest BCUT2D eigenvalue weighted by molar-refractivity contribution is -0.192. The molecule has 3 aromatic rings. The minimum Gasteiger partial charge on any atom is -0.497 e. The quantitative estimate of drug-likeness (QED) is 0.636. The van der Waals surface area contributed by atoms with E-state index in [9.17, 15) is 13.2 Å². The SMILES string of the molecule is COc1ccc2c(c1)CCCC2CNCc1cnc2cnccn12.O=C(O)C(F)(F)F. The van der Waals surface area contributed by atoms with Gasteiger partial charge < -0.3 is 15.2 Å². The van der Waals surface area contributed by atoms with Gasteiger partial charge in [0.1, 0.15) is 5.75 Å². The number of aryl methyl sites for hydroxylation is 1. The van der Waals surface area contributed by atoms with Crippen molar-refractivity contribution in [3.8, 4) is 5.75 Å². The first-order valence-electron chi connectivity index (χ1n) is 9.73. The number of hydrogen-bond donors (Lipinski definition) is 2. The number of halogens is 3. The third-order valence-electron chi connectivity index (χ3n) is 5.12. The van der Waals surface area contributed by atoms with Crippen LogP contribution in [0.15, 0.2) is 43.0 Å².